The standard InChI is InChI=1S/C33H37F4NOS/c1-21-20-38(14-13-31(21)11-9-23-5-3-4-6-29(23)31)27-10-12-32(19-27,40-2)30(39)28-8-7-24(28)15-22-16-25(33(35,36)37)18-26(34)17-22/h3-6,9,11,16-18,21,24,27-28H,7-8,10,12-15,19-20H2,1-2H3/t21-,24?,27?,28?,31-,32?/m0/s1. The number of hydrogen-bond donors (Lipinski definition) is 0. The number of ketones is 1. The topological polar surface area (TPSA) is 20.3 Å². The zero-order chi connectivity index (χ0) is 28.3. The molecule has 2 aromatic rings. The number of rotatable bonds is 6. The highest BCUT2D eigenvalue weighted by molar-refractivity contribution is 8.00. The Bertz CT molecular complexity index is 1320. The van der Waals surface area contributed by atoms with Gasteiger partial charge in [0.15, 0.2) is 5.78 Å². The molecule has 1 aliphatic heterocycles. The van der Waals surface area contributed by atoms with Gasteiger partial charge in [0.1, 0.15) is 5.82 Å². The second-order valence-corrected chi connectivity index (χ2v) is 13.7. The number of halogens is 4. The highest BCUT2D eigenvalue weighted by atomic mass is 32.2. The predicted octanol–water partition coefficient (Wildman–Crippen LogP) is 7.94. The molecular formula is C33H37F4NOS. The van der Waals surface area contributed by atoms with Crippen molar-refractivity contribution in [3.63, 3.8) is 0 Å². The first-order chi connectivity index (χ1) is 19.0. The summed E-state index contributed by atoms with van der Waals surface area (Å²) < 4.78 is 53.2. The molecule has 4 aliphatic rings. The van der Waals surface area contributed by atoms with E-state index in [-0.39, 0.29) is 23.0 Å². The molecule has 4 unspecified atom stereocenters. The summed E-state index contributed by atoms with van der Waals surface area (Å²) >= 11 is 1.66. The first kappa shape index (κ1) is 28.0. The van der Waals surface area contributed by atoms with E-state index in [9.17, 15) is 22.4 Å². The third-order valence-corrected chi connectivity index (χ3v) is 11.9. The van der Waals surface area contributed by atoms with Crippen LogP contribution in [0.4, 0.5) is 17.6 Å². The summed E-state index contributed by atoms with van der Waals surface area (Å²) in [5, 5.41) is 0. The quantitative estimate of drug-likeness (QED) is 0.328. The van der Waals surface area contributed by atoms with Crippen LogP contribution in [-0.2, 0) is 22.8 Å². The van der Waals surface area contributed by atoms with Crippen molar-refractivity contribution in [1.29, 1.82) is 0 Å². The smallest absolute Gasteiger partial charge is 0.300 e. The highest BCUT2D eigenvalue weighted by Gasteiger charge is 2.53. The second-order valence-electron chi connectivity index (χ2n) is 12.6. The first-order valence-electron chi connectivity index (χ1n) is 14.5. The zero-order valence-corrected chi connectivity index (χ0v) is 24.0. The number of Topliss-reactive ketones (excluding diaryl/α,β-unsaturated/α-hetero) is 1. The monoisotopic (exact) mass is 571 g/mol. The van der Waals surface area contributed by atoms with Crippen molar-refractivity contribution < 1.29 is 22.4 Å². The van der Waals surface area contributed by atoms with Gasteiger partial charge >= 0.3 is 6.18 Å². The van der Waals surface area contributed by atoms with Gasteiger partial charge in [-0.15, -0.1) is 0 Å². The number of allylic oxidation sites excluding steroid dienone is 1. The number of carbonyl (C=O) groups is 1. The summed E-state index contributed by atoms with van der Waals surface area (Å²) in [6.45, 7) is 4.38. The average Bonchev–Trinajstić information content (AvgIpc) is 3.52. The summed E-state index contributed by atoms with van der Waals surface area (Å²) in [6, 6.07) is 11.9. The molecule has 1 heterocycles. The van der Waals surface area contributed by atoms with Crippen LogP contribution in [0, 0.1) is 23.6 Å². The van der Waals surface area contributed by atoms with Crippen LogP contribution in [0.1, 0.15) is 67.7 Å². The molecule has 2 nitrogen and oxygen atoms in total. The molecule has 3 aliphatic carbocycles. The van der Waals surface area contributed by atoms with Gasteiger partial charge in [0, 0.05) is 23.9 Å². The molecule has 0 amide bonds. The van der Waals surface area contributed by atoms with E-state index in [0.29, 0.717) is 30.0 Å². The Morgan fingerprint density at radius 2 is 1.90 bits per heavy atom. The van der Waals surface area contributed by atoms with Gasteiger partial charge in [0.05, 0.1) is 10.3 Å². The Balaban J connectivity index is 1.12. The maximum atomic E-state index is 14.0. The molecule has 0 bridgehead atoms. The second kappa shape index (κ2) is 10.3. The molecule has 7 heteroatoms. The lowest BCUT2D eigenvalue weighted by molar-refractivity contribution is -0.138. The lowest BCUT2D eigenvalue weighted by Crippen LogP contribution is -2.51. The third-order valence-electron chi connectivity index (χ3n) is 10.6. The van der Waals surface area contributed by atoms with Gasteiger partial charge in [0.25, 0.3) is 0 Å². The lowest BCUT2D eigenvalue weighted by atomic mass is 9.66. The number of piperidine rings is 1. The van der Waals surface area contributed by atoms with E-state index >= 15 is 0 Å². The van der Waals surface area contributed by atoms with E-state index in [0.717, 1.165) is 57.7 Å². The predicted molar refractivity (Wildman–Crippen MR) is 153 cm³/mol. The van der Waals surface area contributed by atoms with Crippen molar-refractivity contribution in [2.24, 2.45) is 17.8 Å². The van der Waals surface area contributed by atoms with Crippen LogP contribution in [0.15, 0.2) is 48.5 Å². The lowest BCUT2D eigenvalue weighted by Gasteiger charge is -2.47. The van der Waals surface area contributed by atoms with Crippen molar-refractivity contribution in [3.05, 3.63) is 76.6 Å². The number of alkyl halides is 3. The van der Waals surface area contributed by atoms with E-state index in [2.05, 4.69) is 48.2 Å². The van der Waals surface area contributed by atoms with Crippen molar-refractivity contribution in [3.8, 4) is 0 Å². The number of hydrogen-bond acceptors (Lipinski definition) is 3. The van der Waals surface area contributed by atoms with Crippen LogP contribution >= 0.6 is 11.8 Å². The minimum atomic E-state index is -4.59. The van der Waals surface area contributed by atoms with Gasteiger partial charge < -0.3 is 0 Å². The summed E-state index contributed by atoms with van der Waals surface area (Å²) in [5.74, 6) is -0.319. The van der Waals surface area contributed by atoms with Crippen LogP contribution in [0.3, 0.4) is 0 Å². The van der Waals surface area contributed by atoms with Crippen LogP contribution in [0.2, 0.25) is 0 Å². The zero-order valence-electron chi connectivity index (χ0n) is 23.1. The van der Waals surface area contributed by atoms with Crippen LogP contribution < -0.4 is 0 Å². The molecule has 0 aromatic heterocycles. The molecule has 2 saturated carbocycles. The average molecular weight is 572 g/mol. The Kier molecular flexibility index (Phi) is 7.22. The SMILES string of the molecule is CSC1(C(=O)C2CCC2Cc2cc(F)cc(C(F)(F)F)c2)CCC(N2CC[C@@]3(C=Cc4ccccc43)[C@@H](C)C2)C1. The Morgan fingerprint density at radius 1 is 1.10 bits per heavy atom. The van der Waals surface area contributed by atoms with E-state index in [1.165, 1.54) is 17.2 Å². The van der Waals surface area contributed by atoms with E-state index < -0.39 is 22.3 Å². The number of thioether (sulfide) groups is 1. The number of nitrogens with zero attached hydrogens (tertiary/aromatic N) is 1. The molecule has 0 N–H and O–H groups in total. The Labute approximate surface area is 238 Å². The van der Waals surface area contributed by atoms with Gasteiger partial charge in [0.2, 0.25) is 0 Å². The maximum absolute atomic E-state index is 14.0. The van der Waals surface area contributed by atoms with Crippen molar-refractivity contribution >= 4 is 23.6 Å². The van der Waals surface area contributed by atoms with Crippen LogP contribution in [0.5, 0.6) is 0 Å². The molecule has 6 rings (SSSR count). The summed E-state index contributed by atoms with van der Waals surface area (Å²) in [6.07, 6.45) is 7.76. The van der Waals surface area contributed by atoms with Gasteiger partial charge in [-0.25, -0.2) is 4.39 Å². The fourth-order valence-electron chi connectivity index (χ4n) is 8.09. The summed E-state index contributed by atoms with van der Waals surface area (Å²) in [5.41, 5.74) is 2.24. The van der Waals surface area contributed by atoms with Crippen LogP contribution in [-0.4, -0.2) is 40.8 Å². The van der Waals surface area contributed by atoms with Gasteiger partial charge in [-0.3, -0.25) is 9.69 Å². The van der Waals surface area contributed by atoms with Crippen LogP contribution in [0.25, 0.3) is 6.08 Å². The summed E-state index contributed by atoms with van der Waals surface area (Å²) in [4.78, 5) is 16.6. The minimum Gasteiger partial charge on any atom is -0.300 e. The van der Waals surface area contributed by atoms with Crippen molar-refractivity contribution in [2.45, 2.75) is 74.2 Å². The van der Waals surface area contributed by atoms with E-state index in [1.54, 1.807) is 11.8 Å². The van der Waals surface area contributed by atoms with E-state index in [1.807, 2.05) is 6.26 Å². The fraction of sp³-hybridized carbons (Fsp3) is 0.545. The Morgan fingerprint density at radius 3 is 2.60 bits per heavy atom. The molecule has 1 spiro atoms. The molecule has 6 atom stereocenters. The first-order valence-corrected chi connectivity index (χ1v) is 15.8. The summed E-state index contributed by atoms with van der Waals surface area (Å²) in [7, 11) is 0. The molecule has 0 radical (unpaired) electrons. The molecule has 3 fully saturated rings. The minimum absolute atomic E-state index is 0.0254. The largest absolute Gasteiger partial charge is 0.416 e. The molecule has 2 aromatic carbocycles. The Hall–Kier alpha value is -2.12. The van der Waals surface area contributed by atoms with Gasteiger partial charge in [-0.1, -0.05) is 43.3 Å². The van der Waals surface area contributed by atoms with Crippen molar-refractivity contribution in [2.75, 3.05) is 19.3 Å². The van der Waals surface area contributed by atoms with Gasteiger partial charge in [-0.05, 0) is 104 Å². The molecular weight excluding hydrogens is 534 g/mol. The fourth-order valence-corrected chi connectivity index (χ4v) is 9.13. The molecule has 40 heavy (non-hydrogen) atoms. The van der Waals surface area contributed by atoms with Gasteiger partial charge in [-0.2, -0.15) is 24.9 Å². The maximum Gasteiger partial charge on any atom is 0.416 e. The van der Waals surface area contributed by atoms with E-state index in [4.69, 9.17) is 0 Å². The number of likely N-dealkylation sites (tertiary alicyclic amines) is 1. The normalized spacial score (nSPS) is 33.8. The van der Waals surface area contributed by atoms with Crippen molar-refractivity contribution in [1.82, 2.24) is 4.90 Å². The highest BCUT2D eigenvalue weighted by Crippen LogP contribution is 2.52. The number of fused-ring (bicyclic) bond motifs is 2. The number of carbonyl (C=O) groups excluding carboxylic acids is 1. The molecule has 214 valence electrons. The third kappa shape index (κ3) is 4.75. The molecule has 1 saturated heterocycles. The number of benzene rings is 2.